The van der Waals surface area contributed by atoms with Gasteiger partial charge in [0.2, 0.25) is 0 Å². The normalized spacial score (nSPS) is 12.0. The number of carbonyl (C=O) groups is 1. The molecule has 1 unspecified atom stereocenters. The van der Waals surface area contributed by atoms with E-state index in [1.54, 1.807) is 19.3 Å². The van der Waals surface area contributed by atoms with E-state index in [1.807, 2.05) is 32.9 Å². The first-order valence-corrected chi connectivity index (χ1v) is 6.93. The van der Waals surface area contributed by atoms with E-state index in [0.29, 0.717) is 5.56 Å². The van der Waals surface area contributed by atoms with Crippen LogP contribution in [0.4, 0.5) is 0 Å². The third-order valence-corrected chi connectivity index (χ3v) is 3.62. The Labute approximate surface area is 124 Å². The number of hydrogen-bond acceptors (Lipinski definition) is 2. The second-order valence-electron chi connectivity index (χ2n) is 5.42. The average molecular weight is 284 g/mol. The molecule has 2 aromatic rings. The number of carbonyl (C=O) groups excluding carboxylic acids is 1. The first-order valence-electron chi connectivity index (χ1n) is 6.93. The van der Waals surface area contributed by atoms with Gasteiger partial charge >= 0.3 is 0 Å². The Balaban J connectivity index is 2.20. The van der Waals surface area contributed by atoms with Gasteiger partial charge < -0.3 is 9.88 Å². The van der Waals surface area contributed by atoms with Crippen molar-refractivity contribution in [1.29, 1.82) is 0 Å². The molecule has 1 aromatic carbocycles. The molecule has 4 heteroatoms. The number of hydrogen-bond donors (Lipinski definition) is 1. The first kappa shape index (κ1) is 15.0. The molecule has 0 fully saturated rings. The molecule has 0 saturated heterocycles. The van der Waals surface area contributed by atoms with Gasteiger partial charge in [-0.15, -0.1) is 0 Å². The van der Waals surface area contributed by atoms with E-state index in [0.717, 1.165) is 16.7 Å². The summed E-state index contributed by atoms with van der Waals surface area (Å²) in [6.07, 6.45) is 1.60. The zero-order chi connectivity index (χ0) is 15.6. The van der Waals surface area contributed by atoms with E-state index < -0.39 is 0 Å². The maximum absolute atomic E-state index is 12.2. The van der Waals surface area contributed by atoms with Gasteiger partial charge in [0.1, 0.15) is 0 Å². The molecular formula is C17H20N2O2. The molecule has 0 aliphatic heterocycles. The summed E-state index contributed by atoms with van der Waals surface area (Å²) >= 11 is 0. The molecule has 1 atom stereocenters. The zero-order valence-corrected chi connectivity index (χ0v) is 12.8. The summed E-state index contributed by atoms with van der Waals surface area (Å²) in [4.78, 5) is 23.8. The molecule has 0 spiro atoms. The summed E-state index contributed by atoms with van der Waals surface area (Å²) in [6.45, 7) is 5.99. The highest BCUT2D eigenvalue weighted by atomic mass is 16.2. The standard InChI is InChI=1S/C17H20N2O2/c1-11-5-6-12(2)15(9-11)13(3)18-17(21)14-7-8-19(4)16(20)10-14/h5-10,13H,1-4H3,(H,18,21). The van der Waals surface area contributed by atoms with Crippen LogP contribution in [0.5, 0.6) is 0 Å². The molecule has 1 amide bonds. The third kappa shape index (κ3) is 3.40. The quantitative estimate of drug-likeness (QED) is 0.941. The van der Waals surface area contributed by atoms with Crippen LogP contribution in [0.3, 0.4) is 0 Å². The highest BCUT2D eigenvalue weighted by Gasteiger charge is 2.14. The Hall–Kier alpha value is -2.36. The van der Waals surface area contributed by atoms with Gasteiger partial charge in [-0.1, -0.05) is 23.8 Å². The molecule has 21 heavy (non-hydrogen) atoms. The van der Waals surface area contributed by atoms with Crippen LogP contribution in [0, 0.1) is 13.8 Å². The topological polar surface area (TPSA) is 51.1 Å². The third-order valence-electron chi connectivity index (χ3n) is 3.62. The number of pyridine rings is 1. The molecule has 4 nitrogen and oxygen atoms in total. The van der Waals surface area contributed by atoms with E-state index in [-0.39, 0.29) is 17.5 Å². The Kier molecular flexibility index (Phi) is 4.26. The van der Waals surface area contributed by atoms with Crippen molar-refractivity contribution in [3.8, 4) is 0 Å². The Morgan fingerprint density at radius 1 is 1.19 bits per heavy atom. The zero-order valence-electron chi connectivity index (χ0n) is 12.8. The number of aryl methyl sites for hydroxylation is 3. The molecule has 0 aliphatic rings. The number of aromatic nitrogens is 1. The average Bonchev–Trinajstić information content (AvgIpc) is 2.44. The number of amides is 1. The van der Waals surface area contributed by atoms with Gasteiger partial charge in [0.15, 0.2) is 0 Å². The van der Waals surface area contributed by atoms with Crippen molar-refractivity contribution in [1.82, 2.24) is 9.88 Å². The molecule has 1 aromatic heterocycles. The lowest BCUT2D eigenvalue weighted by atomic mass is 10.00. The Morgan fingerprint density at radius 2 is 1.90 bits per heavy atom. The fraction of sp³-hybridized carbons (Fsp3) is 0.294. The maximum atomic E-state index is 12.2. The van der Waals surface area contributed by atoms with Crippen LogP contribution in [0.1, 0.15) is 40.0 Å². The summed E-state index contributed by atoms with van der Waals surface area (Å²) in [6, 6.07) is 9.06. The van der Waals surface area contributed by atoms with Gasteiger partial charge in [0.05, 0.1) is 6.04 Å². The first-order chi connectivity index (χ1) is 9.88. The second kappa shape index (κ2) is 5.95. The summed E-state index contributed by atoms with van der Waals surface area (Å²) in [5.74, 6) is -0.235. The van der Waals surface area contributed by atoms with Crippen molar-refractivity contribution in [3.63, 3.8) is 0 Å². The van der Waals surface area contributed by atoms with E-state index >= 15 is 0 Å². The summed E-state index contributed by atoms with van der Waals surface area (Å²) in [5, 5.41) is 2.94. The maximum Gasteiger partial charge on any atom is 0.252 e. The lowest BCUT2D eigenvalue weighted by Gasteiger charge is -2.17. The summed E-state index contributed by atoms with van der Waals surface area (Å²) < 4.78 is 1.44. The predicted molar refractivity (Wildman–Crippen MR) is 83.5 cm³/mol. The van der Waals surface area contributed by atoms with Gasteiger partial charge in [-0.25, -0.2) is 0 Å². The lowest BCUT2D eigenvalue weighted by molar-refractivity contribution is 0.0939. The predicted octanol–water partition coefficient (Wildman–Crippen LogP) is 2.49. The van der Waals surface area contributed by atoms with Gasteiger partial charge in [0, 0.05) is 24.9 Å². The lowest BCUT2D eigenvalue weighted by Crippen LogP contribution is -2.29. The van der Waals surface area contributed by atoms with E-state index in [9.17, 15) is 9.59 Å². The van der Waals surface area contributed by atoms with Crippen LogP contribution in [-0.4, -0.2) is 10.5 Å². The van der Waals surface area contributed by atoms with E-state index in [4.69, 9.17) is 0 Å². The van der Waals surface area contributed by atoms with Crippen LogP contribution in [-0.2, 0) is 7.05 Å². The van der Waals surface area contributed by atoms with Crippen molar-refractivity contribution in [2.75, 3.05) is 0 Å². The minimum Gasteiger partial charge on any atom is -0.346 e. The molecule has 2 rings (SSSR count). The molecule has 0 aliphatic carbocycles. The highest BCUT2D eigenvalue weighted by Crippen LogP contribution is 2.19. The van der Waals surface area contributed by atoms with Gasteiger partial charge in [-0.3, -0.25) is 9.59 Å². The molecule has 0 saturated carbocycles. The molecule has 0 radical (unpaired) electrons. The van der Waals surface area contributed by atoms with Gasteiger partial charge in [-0.2, -0.15) is 0 Å². The molecule has 0 bridgehead atoms. The fourth-order valence-corrected chi connectivity index (χ4v) is 2.27. The van der Waals surface area contributed by atoms with Crippen molar-refractivity contribution in [2.24, 2.45) is 7.05 Å². The highest BCUT2D eigenvalue weighted by molar-refractivity contribution is 5.94. The Bertz CT molecular complexity index is 732. The van der Waals surface area contributed by atoms with E-state index in [1.165, 1.54) is 10.6 Å². The summed E-state index contributed by atoms with van der Waals surface area (Å²) in [7, 11) is 1.66. The van der Waals surface area contributed by atoms with Crippen molar-refractivity contribution >= 4 is 5.91 Å². The SMILES string of the molecule is Cc1ccc(C)c(C(C)NC(=O)c2ccn(C)c(=O)c2)c1. The Morgan fingerprint density at radius 3 is 2.57 bits per heavy atom. The molecular weight excluding hydrogens is 264 g/mol. The van der Waals surface area contributed by atoms with E-state index in [2.05, 4.69) is 11.4 Å². The fourth-order valence-electron chi connectivity index (χ4n) is 2.27. The van der Waals surface area contributed by atoms with Crippen LogP contribution in [0.2, 0.25) is 0 Å². The molecule has 110 valence electrons. The monoisotopic (exact) mass is 284 g/mol. The van der Waals surface area contributed by atoms with Crippen LogP contribution >= 0.6 is 0 Å². The van der Waals surface area contributed by atoms with Crippen molar-refractivity contribution in [2.45, 2.75) is 26.8 Å². The number of nitrogens with zero attached hydrogens (tertiary/aromatic N) is 1. The second-order valence-corrected chi connectivity index (χ2v) is 5.42. The number of benzene rings is 1. The van der Waals surface area contributed by atoms with Crippen LogP contribution in [0.25, 0.3) is 0 Å². The summed E-state index contributed by atoms with van der Waals surface area (Å²) in [5.41, 5.74) is 3.58. The van der Waals surface area contributed by atoms with Gasteiger partial charge in [-0.05, 0) is 38.0 Å². The largest absolute Gasteiger partial charge is 0.346 e. The molecule has 1 N–H and O–H groups in total. The number of nitrogens with one attached hydrogen (secondary N) is 1. The van der Waals surface area contributed by atoms with Crippen LogP contribution < -0.4 is 10.9 Å². The van der Waals surface area contributed by atoms with Crippen LogP contribution in [0.15, 0.2) is 41.3 Å². The molecule has 1 heterocycles. The minimum atomic E-state index is -0.235. The minimum absolute atomic E-state index is 0.110. The number of rotatable bonds is 3. The van der Waals surface area contributed by atoms with Gasteiger partial charge in [0.25, 0.3) is 11.5 Å². The van der Waals surface area contributed by atoms with Crippen molar-refractivity contribution < 1.29 is 4.79 Å². The van der Waals surface area contributed by atoms with Crippen molar-refractivity contribution in [3.05, 3.63) is 69.1 Å². The smallest absolute Gasteiger partial charge is 0.252 e.